The van der Waals surface area contributed by atoms with Crippen LogP contribution in [0.25, 0.3) is 0 Å². The van der Waals surface area contributed by atoms with Gasteiger partial charge < -0.3 is 43.3 Å². The number of carbonyl (C=O) groups excluding carboxylic acids is 6. The Morgan fingerprint density at radius 2 is 1.45 bits per heavy atom. The summed E-state index contributed by atoms with van der Waals surface area (Å²) in [6.45, 7) is 14.5. The molecule has 1 heterocycles. The number of thioether (sulfide) groups is 1. The maximum absolute atomic E-state index is 16.1. The Hall–Kier alpha value is -5.17. The first-order chi connectivity index (χ1) is 32.5. The van der Waals surface area contributed by atoms with Crippen LogP contribution in [0.3, 0.4) is 0 Å². The lowest BCUT2D eigenvalue weighted by Crippen LogP contribution is -2.81. The Bertz CT molecular complexity index is 2460. The highest BCUT2D eigenvalue weighted by atomic mass is 32.2. The normalized spacial score (nSPS) is 30.1. The van der Waals surface area contributed by atoms with Crippen molar-refractivity contribution in [3.05, 3.63) is 119 Å². The summed E-state index contributed by atoms with van der Waals surface area (Å²) in [6.07, 6.45) is -7.28. The molecule has 17 heteroatoms. The predicted octanol–water partition coefficient (Wildman–Crippen LogP) is 6.94. The monoisotopic (exact) mass is 985 g/mol. The number of carbonyl (C=O) groups is 6. The molecule has 4 aliphatic rings. The molecule has 2 bridgehead atoms. The van der Waals surface area contributed by atoms with E-state index in [9.17, 15) is 24.3 Å². The largest absolute Gasteiger partial charge is 0.456 e. The number of fused-ring (bicyclic) bond motifs is 5. The van der Waals surface area contributed by atoms with Crippen molar-refractivity contribution in [3.8, 4) is 0 Å². The minimum atomic E-state index is -2.68. The van der Waals surface area contributed by atoms with E-state index in [0.717, 1.165) is 0 Å². The molecule has 11 atom stereocenters. The van der Waals surface area contributed by atoms with Crippen molar-refractivity contribution in [2.24, 2.45) is 16.7 Å². The number of ether oxygens (including phenoxy) is 6. The van der Waals surface area contributed by atoms with Crippen LogP contribution in [0.15, 0.2) is 102 Å². The lowest BCUT2D eigenvalue weighted by Gasteiger charge is -2.68. The van der Waals surface area contributed by atoms with Gasteiger partial charge in [-0.1, -0.05) is 87.5 Å². The molecule has 3 fully saturated rings. The zero-order valence-electron chi connectivity index (χ0n) is 40.8. The van der Waals surface area contributed by atoms with Gasteiger partial charge in [0.1, 0.15) is 23.9 Å². The van der Waals surface area contributed by atoms with Crippen molar-refractivity contribution in [1.82, 2.24) is 5.32 Å². The lowest BCUT2D eigenvalue weighted by atomic mass is 9.45. The van der Waals surface area contributed by atoms with Gasteiger partial charge >= 0.3 is 23.9 Å². The van der Waals surface area contributed by atoms with Gasteiger partial charge in [0.15, 0.2) is 31.9 Å². The number of methoxy groups -OCH3 is 1. The fraction of sp³-hybridized carbons (Fsp3) is 0.500. The molecule has 10 unspecified atom stereocenters. The zero-order valence-corrected chi connectivity index (χ0v) is 42.6. The molecule has 0 radical (unpaired) electrons. The summed E-state index contributed by atoms with van der Waals surface area (Å²) in [5.74, 6) is -5.58. The summed E-state index contributed by atoms with van der Waals surface area (Å²) < 4.78 is 44.0. The van der Waals surface area contributed by atoms with Crippen LogP contribution in [0.1, 0.15) is 86.7 Å². The third-order valence-corrected chi connectivity index (χ3v) is 16.7. The molecule has 3 aromatic rings. The van der Waals surface area contributed by atoms with E-state index in [1.165, 1.54) is 32.7 Å². The molecule has 370 valence electrons. The van der Waals surface area contributed by atoms with Gasteiger partial charge in [-0.3, -0.25) is 19.2 Å². The first-order valence-corrected chi connectivity index (χ1v) is 27.6. The highest BCUT2D eigenvalue weighted by molar-refractivity contribution is 7.99. The van der Waals surface area contributed by atoms with Crippen LogP contribution in [0.5, 0.6) is 0 Å². The van der Waals surface area contributed by atoms with E-state index in [4.69, 9.17) is 32.8 Å². The fourth-order valence-corrected chi connectivity index (χ4v) is 13.3. The molecule has 2 N–H and O–H groups in total. The molecule has 1 aliphatic heterocycles. The maximum atomic E-state index is 16.1. The van der Waals surface area contributed by atoms with Gasteiger partial charge in [-0.05, 0) is 74.0 Å². The van der Waals surface area contributed by atoms with Crippen molar-refractivity contribution in [2.45, 2.75) is 127 Å². The topological polar surface area (TPSA) is 199 Å². The standard InChI is InChI=1S/C52H63NO14SSi/c1-30-36(64-48(59)42(67-69(8,9)10)40(33-20-14-11-15-21-33)53-46(57)34-22-16-12-17-23-34)27-52(60)45(65-47(58)35-24-18-13-19-25-35)43-50(6,44(56)41(63-31(2)54)39(30)49(52,4)5)38(68-29-61-7)26-37-51(43,28-62-37)66-32(3)55/h11-25,36-38,40-43,45,60H,26-29H2,1-10H3,(H,53,57)/t36?,37?,38?,40?,41?,42?,43?,45?,50-,51?,52?/m1/s1. The fourth-order valence-electron chi connectivity index (χ4n) is 11.0. The molecule has 69 heavy (non-hydrogen) atoms. The Labute approximate surface area is 408 Å². The summed E-state index contributed by atoms with van der Waals surface area (Å²) in [7, 11) is -1.17. The van der Waals surface area contributed by atoms with Crippen LogP contribution in [0.4, 0.5) is 0 Å². The second-order valence-electron chi connectivity index (χ2n) is 20.1. The van der Waals surface area contributed by atoms with Gasteiger partial charge in [0.25, 0.3) is 5.91 Å². The van der Waals surface area contributed by atoms with E-state index in [1.54, 1.807) is 119 Å². The Kier molecular flexibility index (Phi) is 14.9. The quantitative estimate of drug-likeness (QED) is 0.0522. The number of hydrogen-bond acceptors (Lipinski definition) is 15. The van der Waals surface area contributed by atoms with Crippen LogP contribution in [0, 0.1) is 16.7 Å². The second-order valence-corrected chi connectivity index (χ2v) is 25.7. The molecule has 2 saturated carbocycles. The average molecular weight is 986 g/mol. The maximum Gasteiger partial charge on any atom is 0.338 e. The van der Waals surface area contributed by atoms with E-state index in [2.05, 4.69) is 5.32 Å². The molecule has 1 saturated heterocycles. The van der Waals surface area contributed by atoms with E-state index in [0.29, 0.717) is 16.7 Å². The summed E-state index contributed by atoms with van der Waals surface area (Å²) >= 11 is 1.29. The van der Waals surface area contributed by atoms with E-state index in [-0.39, 0.29) is 30.1 Å². The number of benzene rings is 3. The van der Waals surface area contributed by atoms with Gasteiger partial charge in [-0.25, -0.2) is 9.59 Å². The molecule has 0 spiro atoms. The van der Waals surface area contributed by atoms with Crippen LogP contribution in [-0.4, -0.2) is 116 Å². The summed E-state index contributed by atoms with van der Waals surface area (Å²) in [5.41, 5.74) is -5.77. The Balaban J connectivity index is 1.45. The number of amides is 1. The highest BCUT2D eigenvalue weighted by Gasteiger charge is 2.78. The first kappa shape index (κ1) is 51.7. The van der Waals surface area contributed by atoms with Gasteiger partial charge in [-0.15, -0.1) is 11.8 Å². The number of ketones is 1. The zero-order chi connectivity index (χ0) is 50.3. The Morgan fingerprint density at radius 1 is 0.855 bits per heavy atom. The molecule has 1 amide bonds. The van der Waals surface area contributed by atoms with Crippen LogP contribution in [0.2, 0.25) is 19.6 Å². The van der Waals surface area contributed by atoms with E-state index < -0.39 is 120 Å². The average Bonchev–Trinajstić information content (AvgIpc) is 3.29. The molecular weight excluding hydrogens is 923 g/mol. The van der Waals surface area contributed by atoms with E-state index >= 15 is 9.59 Å². The minimum absolute atomic E-state index is 0.117. The third kappa shape index (κ3) is 9.70. The molecular formula is C52H63NO14SSi. The summed E-state index contributed by atoms with van der Waals surface area (Å²) in [5, 5.41) is 16.5. The molecule has 7 rings (SSSR count). The van der Waals surface area contributed by atoms with Crippen LogP contribution in [-0.2, 0) is 52.0 Å². The number of Topliss-reactive ketones (excluding diaryl/α,β-unsaturated/α-hetero) is 1. The van der Waals surface area contributed by atoms with Gasteiger partial charge in [0.05, 0.1) is 35.5 Å². The van der Waals surface area contributed by atoms with Crippen molar-refractivity contribution < 1.29 is 66.7 Å². The smallest absolute Gasteiger partial charge is 0.338 e. The molecule has 3 aromatic carbocycles. The predicted molar refractivity (Wildman–Crippen MR) is 257 cm³/mol. The van der Waals surface area contributed by atoms with Gasteiger partial charge in [0, 0.05) is 43.6 Å². The summed E-state index contributed by atoms with van der Waals surface area (Å²) in [4.78, 5) is 86.6. The first-order valence-electron chi connectivity index (χ1n) is 23.1. The highest BCUT2D eigenvalue weighted by Crippen LogP contribution is 2.66. The van der Waals surface area contributed by atoms with Crippen LogP contribution >= 0.6 is 11.8 Å². The minimum Gasteiger partial charge on any atom is -0.456 e. The second kappa shape index (κ2) is 19.9. The third-order valence-electron chi connectivity index (χ3n) is 14.3. The number of hydrogen-bond donors (Lipinski definition) is 2. The molecule has 0 aromatic heterocycles. The van der Waals surface area contributed by atoms with Crippen LogP contribution < -0.4 is 5.32 Å². The van der Waals surface area contributed by atoms with Crippen molar-refractivity contribution in [3.63, 3.8) is 0 Å². The van der Waals surface area contributed by atoms with Crippen molar-refractivity contribution in [2.75, 3.05) is 19.7 Å². The Morgan fingerprint density at radius 3 is 1.99 bits per heavy atom. The number of rotatable bonds is 15. The van der Waals surface area contributed by atoms with Gasteiger partial charge in [0.2, 0.25) is 0 Å². The van der Waals surface area contributed by atoms with Crippen molar-refractivity contribution in [1.29, 1.82) is 0 Å². The molecule has 15 nitrogen and oxygen atoms in total. The van der Waals surface area contributed by atoms with Gasteiger partial charge in [-0.2, -0.15) is 0 Å². The number of esters is 4. The summed E-state index contributed by atoms with van der Waals surface area (Å²) in [6, 6.07) is 24.5. The number of aliphatic hydroxyl groups is 1. The lowest BCUT2D eigenvalue weighted by molar-refractivity contribution is -0.331. The van der Waals surface area contributed by atoms with Crippen molar-refractivity contribution >= 4 is 55.6 Å². The SMILES string of the molecule is COCSC1CC2OCC2(OC(C)=O)C2C(OC(=O)c3ccccc3)C3(O)CC(OC(=O)C(O[Si](C)(C)C)C(NC(=O)c4ccccc4)c4ccccc4)C(C)=C(C(OC(C)=O)C(=O)[C@]12C)C3(C)C. The molecule has 3 aliphatic carbocycles. The number of nitrogens with one attached hydrogen (secondary N) is 1. The van der Waals surface area contributed by atoms with E-state index in [1.807, 2.05) is 19.6 Å².